The van der Waals surface area contributed by atoms with Crippen molar-refractivity contribution in [1.29, 1.82) is 0 Å². The van der Waals surface area contributed by atoms with E-state index in [0.717, 1.165) is 23.3 Å². The van der Waals surface area contributed by atoms with Crippen molar-refractivity contribution < 1.29 is 14.3 Å². The van der Waals surface area contributed by atoms with Crippen LogP contribution in [0, 0.1) is 5.41 Å². The van der Waals surface area contributed by atoms with Crippen molar-refractivity contribution in [3.8, 4) is 5.75 Å². The van der Waals surface area contributed by atoms with Gasteiger partial charge in [-0.3, -0.25) is 0 Å². The molecule has 0 aromatic heterocycles. The quantitative estimate of drug-likeness (QED) is 0.937. The summed E-state index contributed by atoms with van der Waals surface area (Å²) in [7, 11) is 0. The van der Waals surface area contributed by atoms with Crippen LogP contribution in [-0.4, -0.2) is 12.7 Å². The zero-order valence-electron chi connectivity index (χ0n) is 13.4. The van der Waals surface area contributed by atoms with E-state index in [-0.39, 0.29) is 5.41 Å². The molecule has 120 valence electrons. The molecular weight excluding hydrogens is 290 g/mol. The minimum absolute atomic E-state index is 0.316. The maximum atomic E-state index is 11.2. The summed E-state index contributed by atoms with van der Waals surface area (Å²) >= 11 is 0. The van der Waals surface area contributed by atoms with E-state index in [4.69, 9.17) is 15.2 Å². The summed E-state index contributed by atoms with van der Waals surface area (Å²) in [6.07, 6.45) is -0.318. The molecular formula is C19H21NO3. The van der Waals surface area contributed by atoms with Crippen LogP contribution in [0.3, 0.4) is 0 Å². The number of benzene rings is 2. The number of nitrogens with two attached hydrogens (primary N) is 1. The van der Waals surface area contributed by atoms with Gasteiger partial charge in [0.05, 0.1) is 6.61 Å². The molecule has 23 heavy (non-hydrogen) atoms. The van der Waals surface area contributed by atoms with Crippen LogP contribution in [0.25, 0.3) is 0 Å². The van der Waals surface area contributed by atoms with Gasteiger partial charge in [0.2, 0.25) is 0 Å². The molecule has 1 aliphatic rings. The highest BCUT2D eigenvalue weighted by molar-refractivity contribution is 5.65. The van der Waals surface area contributed by atoms with Crippen molar-refractivity contribution in [3.05, 3.63) is 65.2 Å². The van der Waals surface area contributed by atoms with E-state index in [1.54, 1.807) is 0 Å². The number of hydrogen-bond donors (Lipinski definition) is 1. The Kier molecular flexibility index (Phi) is 3.99. The zero-order chi connectivity index (χ0) is 16.4. The lowest BCUT2D eigenvalue weighted by Crippen LogP contribution is -2.37. The molecule has 0 spiro atoms. The average molecular weight is 311 g/mol. The van der Waals surface area contributed by atoms with E-state index < -0.39 is 12.2 Å². The first-order valence-corrected chi connectivity index (χ1v) is 7.71. The smallest absolute Gasteiger partial charge is 0.405 e. The van der Waals surface area contributed by atoms with E-state index in [0.29, 0.717) is 6.61 Å². The Bertz CT molecular complexity index is 710. The Morgan fingerprint density at radius 2 is 1.96 bits per heavy atom. The second-order valence-electron chi connectivity index (χ2n) is 6.63. The van der Waals surface area contributed by atoms with Crippen LogP contribution >= 0.6 is 0 Å². The third-order valence-electron chi connectivity index (χ3n) is 4.15. The second kappa shape index (κ2) is 5.95. The van der Waals surface area contributed by atoms with Gasteiger partial charge in [-0.1, -0.05) is 56.3 Å². The molecule has 4 nitrogen and oxygen atoms in total. The standard InChI is InChI=1S/C19H21NO3/c1-19(2)12-22-16-11-14(10-13-6-4-3-5-7-13)8-9-15(16)17(19)23-18(20)21/h3-9,11,17H,10,12H2,1-2H3,(H2,20,21). The van der Waals surface area contributed by atoms with Crippen LogP contribution in [0.15, 0.2) is 48.5 Å². The van der Waals surface area contributed by atoms with Gasteiger partial charge in [0.15, 0.2) is 0 Å². The average Bonchev–Trinajstić information content (AvgIpc) is 2.51. The third kappa shape index (κ3) is 3.31. The first-order valence-electron chi connectivity index (χ1n) is 7.71. The van der Waals surface area contributed by atoms with Crippen LogP contribution in [0.2, 0.25) is 0 Å². The van der Waals surface area contributed by atoms with E-state index in [2.05, 4.69) is 12.1 Å². The number of primary amides is 1. The van der Waals surface area contributed by atoms with Gasteiger partial charge in [-0.25, -0.2) is 4.79 Å². The first-order chi connectivity index (χ1) is 11.0. The minimum atomic E-state index is -0.760. The fourth-order valence-corrected chi connectivity index (χ4v) is 2.96. The summed E-state index contributed by atoms with van der Waals surface area (Å²) in [6.45, 7) is 4.48. The molecule has 0 bridgehead atoms. The van der Waals surface area contributed by atoms with Crippen LogP contribution in [0.4, 0.5) is 4.79 Å². The summed E-state index contributed by atoms with van der Waals surface area (Å²) < 4.78 is 11.2. The number of carbonyl (C=O) groups excluding carboxylic acids is 1. The largest absolute Gasteiger partial charge is 0.492 e. The van der Waals surface area contributed by atoms with Crippen LogP contribution in [-0.2, 0) is 11.2 Å². The van der Waals surface area contributed by atoms with E-state index in [1.165, 1.54) is 5.56 Å². The van der Waals surface area contributed by atoms with Gasteiger partial charge in [0.25, 0.3) is 0 Å². The van der Waals surface area contributed by atoms with E-state index >= 15 is 0 Å². The molecule has 0 fully saturated rings. The minimum Gasteiger partial charge on any atom is -0.492 e. The van der Waals surface area contributed by atoms with Gasteiger partial charge in [-0.05, 0) is 23.6 Å². The molecule has 0 saturated heterocycles. The molecule has 1 unspecified atom stereocenters. The van der Waals surface area contributed by atoms with E-state index in [9.17, 15) is 4.79 Å². The molecule has 2 N–H and O–H groups in total. The molecule has 0 aliphatic carbocycles. The lowest BCUT2D eigenvalue weighted by Gasteiger charge is -2.38. The Hall–Kier alpha value is -2.49. The molecule has 1 amide bonds. The summed E-state index contributed by atoms with van der Waals surface area (Å²) in [6, 6.07) is 16.3. The Morgan fingerprint density at radius 1 is 1.22 bits per heavy atom. The highest BCUT2D eigenvalue weighted by Crippen LogP contribution is 2.45. The van der Waals surface area contributed by atoms with Gasteiger partial charge in [-0.15, -0.1) is 0 Å². The van der Waals surface area contributed by atoms with Gasteiger partial charge in [0.1, 0.15) is 11.9 Å². The number of amides is 1. The van der Waals surface area contributed by atoms with Crippen molar-refractivity contribution in [1.82, 2.24) is 0 Å². The highest BCUT2D eigenvalue weighted by Gasteiger charge is 2.40. The Morgan fingerprint density at radius 3 is 2.65 bits per heavy atom. The molecule has 4 heteroatoms. The van der Waals surface area contributed by atoms with Gasteiger partial charge >= 0.3 is 6.09 Å². The summed E-state index contributed by atoms with van der Waals surface area (Å²) in [5.74, 6) is 0.768. The SMILES string of the molecule is CC1(C)COc2cc(Cc3ccccc3)ccc2C1OC(N)=O. The van der Waals surface area contributed by atoms with Crippen LogP contribution in [0.1, 0.15) is 36.6 Å². The Labute approximate surface area is 136 Å². The van der Waals surface area contributed by atoms with Crippen LogP contribution < -0.4 is 10.5 Å². The van der Waals surface area contributed by atoms with Crippen molar-refractivity contribution in [2.45, 2.75) is 26.4 Å². The molecule has 1 aliphatic heterocycles. The molecule has 2 aromatic rings. The predicted octanol–water partition coefficient (Wildman–Crippen LogP) is 3.83. The number of rotatable bonds is 3. The topological polar surface area (TPSA) is 61.6 Å². The Balaban J connectivity index is 1.90. The zero-order valence-corrected chi connectivity index (χ0v) is 13.4. The lowest BCUT2D eigenvalue weighted by atomic mass is 9.80. The van der Waals surface area contributed by atoms with Crippen molar-refractivity contribution in [2.75, 3.05) is 6.61 Å². The number of ether oxygens (including phenoxy) is 2. The molecule has 2 aromatic carbocycles. The monoisotopic (exact) mass is 311 g/mol. The summed E-state index contributed by atoms with van der Waals surface area (Å²) in [5.41, 5.74) is 8.19. The highest BCUT2D eigenvalue weighted by atomic mass is 16.6. The first kappa shape index (κ1) is 15.4. The van der Waals surface area contributed by atoms with E-state index in [1.807, 2.05) is 50.2 Å². The van der Waals surface area contributed by atoms with Gasteiger partial charge < -0.3 is 15.2 Å². The number of hydrogen-bond acceptors (Lipinski definition) is 3. The number of carbonyl (C=O) groups is 1. The fraction of sp³-hybridized carbons (Fsp3) is 0.316. The molecule has 3 rings (SSSR count). The number of fused-ring (bicyclic) bond motifs is 1. The molecule has 0 saturated carbocycles. The molecule has 1 heterocycles. The maximum Gasteiger partial charge on any atom is 0.405 e. The molecule has 0 radical (unpaired) electrons. The molecule has 1 atom stereocenters. The second-order valence-corrected chi connectivity index (χ2v) is 6.63. The van der Waals surface area contributed by atoms with Crippen molar-refractivity contribution >= 4 is 6.09 Å². The van der Waals surface area contributed by atoms with Crippen molar-refractivity contribution in [3.63, 3.8) is 0 Å². The lowest BCUT2D eigenvalue weighted by molar-refractivity contribution is -0.0176. The fourth-order valence-electron chi connectivity index (χ4n) is 2.96. The predicted molar refractivity (Wildman–Crippen MR) is 88.4 cm³/mol. The van der Waals surface area contributed by atoms with Gasteiger partial charge in [0, 0.05) is 11.0 Å². The van der Waals surface area contributed by atoms with Crippen molar-refractivity contribution in [2.24, 2.45) is 11.1 Å². The normalized spacial score (nSPS) is 18.6. The van der Waals surface area contributed by atoms with Crippen LogP contribution in [0.5, 0.6) is 5.75 Å². The maximum absolute atomic E-state index is 11.2. The summed E-state index contributed by atoms with van der Waals surface area (Å²) in [4.78, 5) is 11.2. The van der Waals surface area contributed by atoms with Gasteiger partial charge in [-0.2, -0.15) is 0 Å². The third-order valence-corrected chi connectivity index (χ3v) is 4.15. The summed E-state index contributed by atoms with van der Waals surface area (Å²) in [5, 5.41) is 0.